The predicted molar refractivity (Wildman–Crippen MR) is 252 cm³/mol. The van der Waals surface area contributed by atoms with E-state index in [4.69, 9.17) is 14.2 Å². The van der Waals surface area contributed by atoms with Gasteiger partial charge in [0.25, 0.3) is 17.7 Å². The first kappa shape index (κ1) is 50.4. The Bertz CT molecular complexity index is 2520. The zero-order valence-corrected chi connectivity index (χ0v) is 40.7. The van der Waals surface area contributed by atoms with E-state index in [9.17, 15) is 42.0 Å². The minimum absolute atomic E-state index is 0.0553. The molecule has 0 bridgehead atoms. The van der Waals surface area contributed by atoms with Crippen LogP contribution in [-0.2, 0) is 53.3 Å². The molecule has 0 spiro atoms. The van der Waals surface area contributed by atoms with Crippen LogP contribution in [0, 0.1) is 0 Å². The molecule has 366 valence electrons. The molecule has 0 aliphatic carbocycles. The van der Waals surface area contributed by atoms with Gasteiger partial charge in [-0.2, -0.15) is 0 Å². The Kier molecular flexibility index (Phi) is 16.8. The van der Waals surface area contributed by atoms with Gasteiger partial charge in [-0.25, -0.2) is 8.42 Å². The van der Waals surface area contributed by atoms with Gasteiger partial charge in [-0.1, -0.05) is 43.9 Å². The molecule has 19 heteroatoms. The smallest absolute Gasteiger partial charge is 0.262 e. The first-order chi connectivity index (χ1) is 32.7. The fourth-order valence-corrected chi connectivity index (χ4v) is 11.4. The van der Waals surface area contributed by atoms with Crippen molar-refractivity contribution >= 4 is 62.4 Å². The van der Waals surface area contributed by atoms with Crippen LogP contribution in [0.25, 0.3) is 0 Å². The lowest BCUT2D eigenvalue weighted by atomic mass is 9.97. The number of hydrogen-bond acceptors (Lipinski definition) is 14. The summed E-state index contributed by atoms with van der Waals surface area (Å²) >= 11 is 1.41. The quantitative estimate of drug-likeness (QED) is 0.0939. The fourth-order valence-electron chi connectivity index (χ4n) is 9.47. The fraction of sp³-hybridized carbons (Fsp3) is 0.531. The van der Waals surface area contributed by atoms with Gasteiger partial charge >= 0.3 is 0 Å². The van der Waals surface area contributed by atoms with Crippen molar-refractivity contribution in [2.45, 2.75) is 103 Å². The molecule has 6 amide bonds. The van der Waals surface area contributed by atoms with Crippen LogP contribution in [0.15, 0.2) is 41.8 Å². The molecule has 1 N–H and O–H groups in total. The van der Waals surface area contributed by atoms with E-state index in [1.54, 1.807) is 48.7 Å². The topological polar surface area (TPSA) is 206 Å². The molecule has 2 aromatic carbocycles. The molecule has 0 radical (unpaired) electrons. The van der Waals surface area contributed by atoms with Crippen molar-refractivity contribution in [2.24, 2.45) is 0 Å². The van der Waals surface area contributed by atoms with Gasteiger partial charge in [0, 0.05) is 74.1 Å². The highest BCUT2D eigenvalue weighted by Gasteiger charge is 2.44. The van der Waals surface area contributed by atoms with Gasteiger partial charge < -0.3 is 24.0 Å². The Balaban J connectivity index is 0.763. The number of sulfone groups is 1. The minimum atomic E-state index is -3.65. The van der Waals surface area contributed by atoms with Gasteiger partial charge in [0.2, 0.25) is 17.7 Å². The van der Waals surface area contributed by atoms with Crippen molar-refractivity contribution < 1.29 is 56.2 Å². The van der Waals surface area contributed by atoms with Gasteiger partial charge in [-0.3, -0.25) is 48.7 Å². The van der Waals surface area contributed by atoms with Crippen LogP contribution in [0.1, 0.15) is 130 Å². The molecule has 4 aliphatic rings. The van der Waals surface area contributed by atoms with Crippen LogP contribution in [0.3, 0.4) is 0 Å². The highest BCUT2D eigenvalue weighted by Crippen LogP contribution is 2.38. The summed E-state index contributed by atoms with van der Waals surface area (Å²) in [5.74, 6) is -1.83. The predicted octanol–water partition coefficient (Wildman–Crippen LogP) is 4.89. The molecule has 2 fully saturated rings. The Morgan fingerprint density at radius 3 is 2.35 bits per heavy atom. The van der Waals surface area contributed by atoms with E-state index < -0.39 is 45.4 Å². The van der Waals surface area contributed by atoms with Crippen LogP contribution in [-0.4, -0.2) is 140 Å². The second-order valence-electron chi connectivity index (χ2n) is 17.8. The summed E-state index contributed by atoms with van der Waals surface area (Å²) in [5, 5.41) is 4.09. The number of thiophene rings is 1. The number of benzene rings is 2. The normalized spacial score (nSPS) is 18.0. The number of carbonyl (C=O) groups excluding carboxylic acids is 7. The number of rotatable bonds is 24. The van der Waals surface area contributed by atoms with Crippen molar-refractivity contribution in [1.29, 1.82) is 0 Å². The summed E-state index contributed by atoms with van der Waals surface area (Å²) in [4.78, 5) is 98.3. The molecule has 0 saturated carbocycles. The van der Waals surface area contributed by atoms with Crippen molar-refractivity contribution in [3.63, 3.8) is 0 Å². The van der Waals surface area contributed by atoms with E-state index in [2.05, 4.69) is 10.2 Å². The van der Waals surface area contributed by atoms with E-state index in [0.29, 0.717) is 60.7 Å². The highest BCUT2D eigenvalue weighted by molar-refractivity contribution is 7.90. The summed E-state index contributed by atoms with van der Waals surface area (Å²) in [6.07, 6.45) is 8.42. The average Bonchev–Trinajstić information content (AvgIpc) is 3.95. The molecule has 2 saturated heterocycles. The summed E-state index contributed by atoms with van der Waals surface area (Å²) in [7, 11) is -2.17. The maximum atomic E-state index is 14.0. The number of Topliss-reactive ketones (excluding diaryl/α,β-unsaturated/α-hetero) is 1. The molecule has 2 atom stereocenters. The molecule has 1 aromatic heterocycles. The van der Waals surface area contributed by atoms with Gasteiger partial charge in [-0.05, 0) is 68.5 Å². The van der Waals surface area contributed by atoms with E-state index >= 15 is 0 Å². The average molecular weight is 976 g/mol. The van der Waals surface area contributed by atoms with Crippen molar-refractivity contribution in [2.75, 3.05) is 65.1 Å². The van der Waals surface area contributed by atoms with Crippen LogP contribution < -0.4 is 14.8 Å². The van der Waals surface area contributed by atoms with E-state index in [1.807, 2.05) is 4.90 Å². The van der Waals surface area contributed by atoms with Crippen molar-refractivity contribution in [3.8, 4) is 11.5 Å². The maximum absolute atomic E-state index is 14.0. The number of hydrogen-bond donors (Lipinski definition) is 1. The second-order valence-corrected chi connectivity index (χ2v) is 21.0. The van der Waals surface area contributed by atoms with Crippen LogP contribution in [0.2, 0.25) is 0 Å². The lowest BCUT2D eigenvalue weighted by molar-refractivity contribution is -0.138. The summed E-state index contributed by atoms with van der Waals surface area (Å²) in [6.45, 7) is 6.36. The zero-order valence-electron chi connectivity index (χ0n) is 39.0. The van der Waals surface area contributed by atoms with Gasteiger partial charge in [0.15, 0.2) is 11.5 Å². The number of nitrogens with one attached hydrogen (secondary N) is 1. The molecule has 1 unspecified atom stereocenters. The summed E-state index contributed by atoms with van der Waals surface area (Å²) in [6, 6.07) is 8.07. The number of nitrogens with zero attached hydrogens (tertiary/aromatic N) is 4. The zero-order chi connectivity index (χ0) is 48.5. The third-order valence-electron chi connectivity index (χ3n) is 13.1. The van der Waals surface area contributed by atoms with Crippen molar-refractivity contribution in [1.82, 2.24) is 24.9 Å². The number of methoxy groups -OCH3 is 1. The first-order valence-electron chi connectivity index (χ1n) is 23.5. The molecular formula is C49H61N5O12S2. The summed E-state index contributed by atoms with van der Waals surface area (Å²) in [5.41, 5.74) is 2.77. The number of aryl methyl sites for hydroxylation is 1. The highest BCUT2D eigenvalue weighted by atomic mass is 32.2. The van der Waals surface area contributed by atoms with Gasteiger partial charge in [-0.15, -0.1) is 11.3 Å². The Labute approximate surface area is 401 Å². The Morgan fingerprint density at radius 1 is 0.882 bits per heavy atom. The van der Waals surface area contributed by atoms with Crippen LogP contribution >= 0.6 is 11.3 Å². The maximum Gasteiger partial charge on any atom is 0.262 e. The standard InChI is InChI=1S/C49H61N5O12S2/c1-4-66-41-26-33(16-19-40(41)64-2)39(31-68(3,62)63)54-48(60)35-14-11-12-32(45(35)49(54)61)15-17-34(55)13-9-7-5-6-8-10-21-51-22-24-52(25-23-51)44(57)29-65-28-42-36-27-53(47(59)37(36)30-67-42)38-18-20-43(56)50-46(38)58/h11-12,14,16,19,26,30,38-39H,4-10,13,15,17-18,20-25,27-29,31H2,1-3H3,(H,50,56,58)/t38?,39-/m1/s1. The lowest BCUT2D eigenvalue weighted by Crippen LogP contribution is -2.52. The van der Waals surface area contributed by atoms with E-state index in [0.717, 1.165) is 79.8 Å². The van der Waals surface area contributed by atoms with Gasteiger partial charge in [0.05, 0.1) is 48.8 Å². The number of piperazine rings is 1. The number of amides is 6. The number of carbonyl (C=O) groups is 7. The minimum Gasteiger partial charge on any atom is -0.493 e. The van der Waals surface area contributed by atoms with Gasteiger partial charge in [0.1, 0.15) is 28.3 Å². The second kappa shape index (κ2) is 22.7. The van der Waals surface area contributed by atoms with Crippen molar-refractivity contribution in [3.05, 3.63) is 80.0 Å². The number of imide groups is 2. The summed E-state index contributed by atoms with van der Waals surface area (Å²) < 4.78 is 42.2. The molecule has 5 heterocycles. The molecular weight excluding hydrogens is 915 g/mol. The van der Waals surface area contributed by atoms with Crippen LogP contribution in [0.5, 0.6) is 11.5 Å². The number of piperidine rings is 1. The number of unbranched alkanes of at least 4 members (excludes halogenated alkanes) is 5. The lowest BCUT2D eigenvalue weighted by Gasteiger charge is -2.34. The third-order valence-corrected chi connectivity index (χ3v) is 15.0. The molecule has 7 rings (SSSR count). The third kappa shape index (κ3) is 12.0. The number of fused-ring (bicyclic) bond motifs is 2. The van der Waals surface area contributed by atoms with E-state index in [-0.39, 0.29) is 73.7 Å². The van der Waals surface area contributed by atoms with E-state index in [1.165, 1.54) is 23.3 Å². The Morgan fingerprint density at radius 2 is 1.63 bits per heavy atom. The molecule has 4 aliphatic heterocycles. The Hall–Kier alpha value is -5.50. The first-order valence-corrected chi connectivity index (χ1v) is 26.4. The monoisotopic (exact) mass is 975 g/mol. The largest absolute Gasteiger partial charge is 0.493 e. The van der Waals surface area contributed by atoms with Crippen LogP contribution in [0.4, 0.5) is 0 Å². The number of ketones is 1. The molecule has 3 aromatic rings. The SMILES string of the molecule is CCOc1cc([C@@H](CS(C)(=O)=O)N2C(=O)c3cccc(CCC(=O)CCCCCCCCN4CCN(C(=O)COCc5scc6c5CN(C5CCC(=O)NC5=O)C6=O)CC4)c3C2=O)ccc1OC. The molecule has 68 heavy (non-hydrogen) atoms. The molecule has 17 nitrogen and oxygen atoms in total. The number of ether oxygens (including phenoxy) is 3.